The molecule has 0 aliphatic carbocycles. The van der Waals surface area contributed by atoms with Gasteiger partial charge in [-0.3, -0.25) is 4.79 Å². The van der Waals surface area contributed by atoms with Gasteiger partial charge in [0.1, 0.15) is 0 Å². The average molecular weight is 239 g/mol. The van der Waals surface area contributed by atoms with Gasteiger partial charge in [-0.15, -0.1) is 10.2 Å². The van der Waals surface area contributed by atoms with E-state index in [0.29, 0.717) is 18.7 Å². The first kappa shape index (κ1) is 13.6. The highest BCUT2D eigenvalue weighted by Gasteiger charge is 2.08. The molecule has 1 heterocycles. The van der Waals surface area contributed by atoms with Gasteiger partial charge in [-0.1, -0.05) is 31.4 Å². The molecular weight excluding hydrogens is 218 g/mol. The minimum absolute atomic E-state index is 0.0544. The lowest BCUT2D eigenvalue weighted by molar-refractivity contribution is -0.121. The summed E-state index contributed by atoms with van der Waals surface area (Å²) in [5.41, 5.74) is 0. The van der Waals surface area contributed by atoms with E-state index < -0.39 is 0 Å². The predicted octanol–water partition coefficient (Wildman–Crippen LogP) is 1.22. The minimum Gasteiger partial charge on any atom is -0.354 e. The van der Waals surface area contributed by atoms with Gasteiger partial charge in [0.15, 0.2) is 5.82 Å². The summed E-state index contributed by atoms with van der Waals surface area (Å²) in [6.45, 7) is 4.22. The van der Waals surface area contributed by atoms with E-state index in [1.807, 2.05) is 6.92 Å². The van der Waals surface area contributed by atoms with Gasteiger partial charge in [0, 0.05) is 18.9 Å². The number of unbranched alkanes of at least 4 members (excludes halogenated alkanes) is 2. The summed E-state index contributed by atoms with van der Waals surface area (Å²) < 4.78 is 0. The summed E-state index contributed by atoms with van der Waals surface area (Å²) in [4.78, 5) is 11.6. The third-order valence-corrected chi connectivity index (χ3v) is 2.61. The molecule has 0 aliphatic rings. The average Bonchev–Trinajstić information content (AvgIpc) is 2.79. The lowest BCUT2D eigenvalue weighted by atomic mass is 10.1. The third-order valence-electron chi connectivity index (χ3n) is 2.61. The van der Waals surface area contributed by atoms with Crippen molar-refractivity contribution in [2.75, 3.05) is 0 Å². The predicted molar refractivity (Wildman–Crippen MR) is 64.2 cm³/mol. The summed E-state index contributed by atoms with van der Waals surface area (Å²) in [5, 5.41) is 16.4. The Bertz CT molecular complexity index is 312. The molecule has 17 heavy (non-hydrogen) atoms. The van der Waals surface area contributed by atoms with Gasteiger partial charge >= 0.3 is 0 Å². The number of carbonyl (C=O) groups is 1. The van der Waals surface area contributed by atoms with E-state index in [4.69, 9.17) is 0 Å². The van der Waals surface area contributed by atoms with Crippen molar-refractivity contribution in [3.63, 3.8) is 0 Å². The molecule has 0 radical (unpaired) electrons. The van der Waals surface area contributed by atoms with Crippen LogP contribution in [0.4, 0.5) is 0 Å². The number of aryl methyl sites for hydroxylation is 1. The molecule has 2 N–H and O–H groups in total. The van der Waals surface area contributed by atoms with Crippen molar-refractivity contribution in [2.45, 2.75) is 58.4 Å². The maximum absolute atomic E-state index is 11.6. The number of hydrogen-bond acceptors (Lipinski definition) is 4. The van der Waals surface area contributed by atoms with E-state index in [0.717, 1.165) is 6.42 Å². The third kappa shape index (κ3) is 5.99. The molecule has 0 fully saturated rings. The maximum Gasteiger partial charge on any atom is 0.220 e. The first-order valence-electron chi connectivity index (χ1n) is 6.24. The second-order valence-corrected chi connectivity index (χ2v) is 4.29. The number of rotatable bonds is 8. The van der Waals surface area contributed by atoms with Crippen LogP contribution in [0.15, 0.2) is 0 Å². The van der Waals surface area contributed by atoms with Crippen LogP contribution in [0.5, 0.6) is 0 Å². The Labute approximate surface area is 102 Å². The maximum atomic E-state index is 11.6. The molecule has 1 aromatic rings. The largest absolute Gasteiger partial charge is 0.354 e. The highest BCUT2D eigenvalue weighted by atomic mass is 16.1. The second kappa shape index (κ2) is 7.76. The van der Waals surface area contributed by atoms with Crippen molar-refractivity contribution >= 4 is 5.91 Å². The molecule has 6 heteroatoms. The van der Waals surface area contributed by atoms with Crippen molar-refractivity contribution in [3.8, 4) is 0 Å². The van der Waals surface area contributed by atoms with Crippen LogP contribution in [-0.4, -0.2) is 32.6 Å². The quantitative estimate of drug-likeness (QED) is 0.668. The Balaban J connectivity index is 2.11. The first-order valence-corrected chi connectivity index (χ1v) is 6.24. The normalized spacial score (nSPS) is 12.4. The van der Waals surface area contributed by atoms with E-state index >= 15 is 0 Å². The zero-order valence-electron chi connectivity index (χ0n) is 10.6. The van der Waals surface area contributed by atoms with Crippen LogP contribution in [0.2, 0.25) is 0 Å². The molecule has 1 atom stereocenters. The fraction of sp³-hybridized carbons (Fsp3) is 0.818. The summed E-state index contributed by atoms with van der Waals surface area (Å²) in [5.74, 6) is 0.637. The van der Waals surface area contributed by atoms with Gasteiger partial charge in [-0.05, 0) is 13.3 Å². The molecule has 1 amide bonds. The van der Waals surface area contributed by atoms with Crippen LogP contribution < -0.4 is 5.32 Å². The molecule has 1 aromatic heterocycles. The van der Waals surface area contributed by atoms with Crippen molar-refractivity contribution < 1.29 is 4.79 Å². The Morgan fingerprint density at radius 2 is 2.29 bits per heavy atom. The molecule has 0 bridgehead atoms. The Morgan fingerprint density at radius 3 is 2.94 bits per heavy atom. The van der Waals surface area contributed by atoms with Crippen molar-refractivity contribution in [2.24, 2.45) is 0 Å². The number of aromatic amines is 1. The number of hydrogen-bond donors (Lipinski definition) is 2. The molecule has 0 saturated carbocycles. The number of aromatic nitrogens is 4. The number of tetrazole rings is 1. The molecule has 1 rings (SSSR count). The van der Waals surface area contributed by atoms with E-state index in [1.54, 1.807) is 0 Å². The van der Waals surface area contributed by atoms with E-state index in [-0.39, 0.29) is 11.9 Å². The zero-order valence-corrected chi connectivity index (χ0v) is 10.6. The summed E-state index contributed by atoms with van der Waals surface area (Å²) >= 11 is 0. The lowest BCUT2D eigenvalue weighted by Crippen LogP contribution is -2.32. The molecular formula is C11H21N5O. The van der Waals surface area contributed by atoms with Gasteiger partial charge in [0.05, 0.1) is 0 Å². The Hall–Kier alpha value is -1.46. The number of amides is 1. The molecule has 96 valence electrons. The monoisotopic (exact) mass is 239 g/mol. The first-order chi connectivity index (χ1) is 8.22. The van der Waals surface area contributed by atoms with Gasteiger partial charge in [-0.2, -0.15) is 5.21 Å². The number of nitrogens with zero attached hydrogens (tertiary/aromatic N) is 3. The minimum atomic E-state index is 0.0544. The van der Waals surface area contributed by atoms with Crippen LogP contribution in [0.25, 0.3) is 0 Å². The van der Waals surface area contributed by atoms with Gasteiger partial charge < -0.3 is 5.32 Å². The molecule has 1 unspecified atom stereocenters. The van der Waals surface area contributed by atoms with Crippen LogP contribution >= 0.6 is 0 Å². The fourth-order valence-electron chi connectivity index (χ4n) is 1.63. The van der Waals surface area contributed by atoms with Gasteiger partial charge in [0.25, 0.3) is 0 Å². The van der Waals surface area contributed by atoms with Crippen molar-refractivity contribution in [1.82, 2.24) is 25.9 Å². The van der Waals surface area contributed by atoms with Crippen LogP contribution in [0, 0.1) is 0 Å². The smallest absolute Gasteiger partial charge is 0.220 e. The summed E-state index contributed by atoms with van der Waals surface area (Å²) in [6.07, 6.45) is 5.59. The highest BCUT2D eigenvalue weighted by molar-refractivity contribution is 5.76. The molecule has 0 aliphatic heterocycles. The molecule has 0 saturated heterocycles. The molecule has 0 aromatic carbocycles. The van der Waals surface area contributed by atoms with E-state index in [1.165, 1.54) is 19.3 Å². The lowest BCUT2D eigenvalue weighted by Gasteiger charge is -2.13. The van der Waals surface area contributed by atoms with Crippen molar-refractivity contribution in [1.29, 1.82) is 0 Å². The second-order valence-electron chi connectivity index (χ2n) is 4.29. The van der Waals surface area contributed by atoms with Gasteiger partial charge in [0.2, 0.25) is 5.91 Å². The zero-order chi connectivity index (χ0) is 12.5. The number of H-pyrrole nitrogens is 1. The number of nitrogens with one attached hydrogen (secondary N) is 2. The van der Waals surface area contributed by atoms with Crippen LogP contribution in [0.3, 0.4) is 0 Å². The topological polar surface area (TPSA) is 83.6 Å². The summed E-state index contributed by atoms with van der Waals surface area (Å²) in [7, 11) is 0. The summed E-state index contributed by atoms with van der Waals surface area (Å²) in [6, 6.07) is 0.249. The Morgan fingerprint density at radius 1 is 1.47 bits per heavy atom. The molecule has 0 spiro atoms. The standard InChI is InChI=1S/C11H21N5O/c1-3-4-5-6-9(2)12-11(17)8-7-10-13-15-16-14-10/h9H,3-8H2,1-2H3,(H,12,17)(H,13,14,15,16). The fourth-order valence-corrected chi connectivity index (χ4v) is 1.63. The van der Waals surface area contributed by atoms with Crippen LogP contribution in [-0.2, 0) is 11.2 Å². The van der Waals surface area contributed by atoms with Crippen molar-refractivity contribution in [3.05, 3.63) is 5.82 Å². The SMILES string of the molecule is CCCCCC(C)NC(=O)CCc1nn[nH]n1. The molecule has 6 nitrogen and oxygen atoms in total. The van der Waals surface area contributed by atoms with Gasteiger partial charge in [-0.25, -0.2) is 0 Å². The highest BCUT2D eigenvalue weighted by Crippen LogP contribution is 2.03. The number of carbonyl (C=O) groups excluding carboxylic acids is 1. The van der Waals surface area contributed by atoms with Crippen LogP contribution in [0.1, 0.15) is 51.8 Å². The van der Waals surface area contributed by atoms with E-state index in [9.17, 15) is 4.79 Å². The van der Waals surface area contributed by atoms with E-state index in [2.05, 4.69) is 32.9 Å². The Kier molecular flexibility index (Phi) is 6.21.